The second kappa shape index (κ2) is 9.36. The number of benzene rings is 3. The van der Waals surface area contributed by atoms with Gasteiger partial charge in [-0.2, -0.15) is 5.10 Å². The van der Waals surface area contributed by atoms with Gasteiger partial charge in [-0.3, -0.25) is 4.79 Å². The van der Waals surface area contributed by atoms with E-state index < -0.39 is 5.91 Å². The first-order valence-electron chi connectivity index (χ1n) is 8.74. The van der Waals surface area contributed by atoms with E-state index in [1.54, 1.807) is 48.5 Å². The van der Waals surface area contributed by atoms with E-state index >= 15 is 0 Å². The van der Waals surface area contributed by atoms with Crippen LogP contribution in [0, 0.1) is 5.82 Å². The van der Waals surface area contributed by atoms with Crippen LogP contribution < -0.4 is 14.9 Å². The Bertz CT molecular complexity index is 1040. The van der Waals surface area contributed by atoms with E-state index in [-0.39, 0.29) is 23.7 Å². The second-order valence-corrected chi connectivity index (χ2v) is 6.01. The standard InChI is InChI=1S/C22H19FN2O4/c1-28-21-12-15(13-24-25-22(27)17-7-3-5-9-19(17)26)10-11-20(21)29-14-16-6-2-4-8-18(16)23/h2-13,26H,14H2,1H3,(H,25,27)/b24-13-. The van der Waals surface area contributed by atoms with Gasteiger partial charge in [-0.15, -0.1) is 0 Å². The van der Waals surface area contributed by atoms with Crippen LogP contribution in [0.5, 0.6) is 17.2 Å². The van der Waals surface area contributed by atoms with Crippen molar-refractivity contribution in [3.63, 3.8) is 0 Å². The lowest BCUT2D eigenvalue weighted by Crippen LogP contribution is -2.17. The summed E-state index contributed by atoms with van der Waals surface area (Å²) in [5.41, 5.74) is 3.56. The van der Waals surface area contributed by atoms with Gasteiger partial charge in [0.2, 0.25) is 0 Å². The number of amides is 1. The van der Waals surface area contributed by atoms with Crippen molar-refractivity contribution in [3.05, 3.63) is 89.2 Å². The van der Waals surface area contributed by atoms with Gasteiger partial charge in [0.1, 0.15) is 18.2 Å². The van der Waals surface area contributed by atoms with Gasteiger partial charge in [0.05, 0.1) is 18.9 Å². The minimum absolute atomic E-state index is 0.0626. The number of carbonyl (C=O) groups is 1. The van der Waals surface area contributed by atoms with Gasteiger partial charge >= 0.3 is 0 Å². The topological polar surface area (TPSA) is 80.2 Å². The van der Waals surface area contributed by atoms with Crippen molar-refractivity contribution in [2.24, 2.45) is 5.10 Å². The van der Waals surface area contributed by atoms with E-state index in [9.17, 15) is 14.3 Å². The summed E-state index contributed by atoms with van der Waals surface area (Å²) in [6.45, 7) is 0.0626. The van der Waals surface area contributed by atoms with Gasteiger partial charge in [0.25, 0.3) is 5.91 Å². The normalized spacial score (nSPS) is 10.7. The Labute approximate surface area is 167 Å². The van der Waals surface area contributed by atoms with Crippen LogP contribution in [-0.2, 0) is 6.61 Å². The first kappa shape index (κ1) is 19.9. The summed E-state index contributed by atoms with van der Waals surface area (Å²) in [5, 5.41) is 13.6. The molecule has 1 amide bonds. The average molecular weight is 394 g/mol. The van der Waals surface area contributed by atoms with Gasteiger partial charge in [-0.25, -0.2) is 9.82 Å². The molecule has 0 bridgehead atoms. The molecule has 0 heterocycles. The number of phenolic OH excluding ortho intramolecular Hbond substituents is 1. The van der Waals surface area contributed by atoms with Crippen molar-refractivity contribution in [3.8, 4) is 17.2 Å². The molecule has 2 N–H and O–H groups in total. The number of para-hydroxylation sites is 1. The fraction of sp³-hybridized carbons (Fsp3) is 0.0909. The van der Waals surface area contributed by atoms with Crippen LogP contribution in [0.4, 0.5) is 4.39 Å². The van der Waals surface area contributed by atoms with Crippen molar-refractivity contribution < 1.29 is 23.8 Å². The molecular weight excluding hydrogens is 375 g/mol. The number of halogens is 1. The molecule has 6 nitrogen and oxygen atoms in total. The lowest BCUT2D eigenvalue weighted by molar-refractivity contribution is 0.0952. The summed E-state index contributed by atoms with van der Waals surface area (Å²) < 4.78 is 24.7. The first-order valence-corrected chi connectivity index (χ1v) is 8.74. The minimum Gasteiger partial charge on any atom is -0.507 e. The SMILES string of the molecule is COc1cc(/C=N\NC(=O)c2ccccc2O)ccc1OCc1ccccc1F. The zero-order chi connectivity index (χ0) is 20.6. The highest BCUT2D eigenvalue weighted by molar-refractivity contribution is 5.97. The fourth-order valence-corrected chi connectivity index (χ4v) is 2.55. The summed E-state index contributed by atoms with van der Waals surface area (Å²) in [4.78, 5) is 12.0. The number of aromatic hydroxyl groups is 1. The van der Waals surface area contributed by atoms with Crippen molar-refractivity contribution in [2.75, 3.05) is 7.11 Å². The van der Waals surface area contributed by atoms with E-state index in [4.69, 9.17) is 9.47 Å². The predicted octanol–water partition coefficient (Wildman–Crippen LogP) is 3.88. The second-order valence-electron chi connectivity index (χ2n) is 6.01. The molecule has 0 spiro atoms. The minimum atomic E-state index is -0.531. The Balaban J connectivity index is 1.65. The van der Waals surface area contributed by atoms with E-state index in [1.807, 2.05) is 0 Å². The first-order chi connectivity index (χ1) is 14.1. The lowest BCUT2D eigenvalue weighted by Gasteiger charge is -2.11. The molecule has 0 aliphatic heterocycles. The number of ether oxygens (including phenoxy) is 2. The van der Waals surface area contributed by atoms with Crippen molar-refractivity contribution in [1.29, 1.82) is 0 Å². The van der Waals surface area contributed by atoms with Crippen LogP contribution >= 0.6 is 0 Å². The molecule has 0 fully saturated rings. The molecule has 0 radical (unpaired) electrons. The molecule has 0 unspecified atom stereocenters. The summed E-state index contributed by atoms with van der Waals surface area (Å²) in [5.74, 6) is -0.103. The Morgan fingerprint density at radius 3 is 2.62 bits per heavy atom. The molecule has 148 valence electrons. The Kier molecular flexibility index (Phi) is 6.42. The maximum Gasteiger partial charge on any atom is 0.275 e. The van der Waals surface area contributed by atoms with E-state index in [0.29, 0.717) is 22.6 Å². The Morgan fingerprint density at radius 2 is 1.86 bits per heavy atom. The number of rotatable bonds is 7. The van der Waals surface area contributed by atoms with E-state index in [2.05, 4.69) is 10.5 Å². The molecule has 0 aliphatic rings. The molecule has 0 saturated heterocycles. The van der Waals surface area contributed by atoms with Gasteiger partial charge in [0.15, 0.2) is 11.5 Å². The summed E-state index contributed by atoms with van der Waals surface area (Å²) in [6.07, 6.45) is 1.43. The number of hydrazone groups is 1. The highest BCUT2D eigenvalue weighted by Gasteiger charge is 2.10. The molecule has 3 rings (SSSR count). The summed E-state index contributed by atoms with van der Waals surface area (Å²) in [7, 11) is 1.49. The van der Waals surface area contributed by atoms with Crippen LogP contribution in [0.3, 0.4) is 0 Å². The summed E-state index contributed by atoms with van der Waals surface area (Å²) >= 11 is 0. The summed E-state index contributed by atoms with van der Waals surface area (Å²) in [6, 6.07) is 17.6. The van der Waals surface area contributed by atoms with Crippen molar-refractivity contribution in [1.82, 2.24) is 5.43 Å². The molecule has 29 heavy (non-hydrogen) atoms. The van der Waals surface area contributed by atoms with Crippen LogP contribution in [-0.4, -0.2) is 24.3 Å². The smallest absolute Gasteiger partial charge is 0.275 e. The largest absolute Gasteiger partial charge is 0.507 e. The zero-order valence-corrected chi connectivity index (χ0v) is 15.6. The third kappa shape index (κ3) is 5.10. The number of hydrogen-bond acceptors (Lipinski definition) is 5. The maximum absolute atomic E-state index is 13.7. The number of carbonyl (C=O) groups excluding carboxylic acids is 1. The molecule has 0 aliphatic carbocycles. The monoisotopic (exact) mass is 394 g/mol. The number of phenols is 1. The predicted molar refractivity (Wildman–Crippen MR) is 107 cm³/mol. The zero-order valence-electron chi connectivity index (χ0n) is 15.6. The van der Waals surface area contributed by atoms with Crippen molar-refractivity contribution >= 4 is 12.1 Å². The van der Waals surface area contributed by atoms with Crippen molar-refractivity contribution in [2.45, 2.75) is 6.61 Å². The van der Waals surface area contributed by atoms with E-state index in [1.165, 1.54) is 31.5 Å². The number of methoxy groups -OCH3 is 1. The van der Waals surface area contributed by atoms with Crippen LogP contribution in [0.1, 0.15) is 21.5 Å². The third-order valence-corrected chi connectivity index (χ3v) is 4.06. The lowest BCUT2D eigenvalue weighted by atomic mass is 10.2. The van der Waals surface area contributed by atoms with Gasteiger partial charge in [-0.05, 0) is 42.0 Å². The van der Waals surface area contributed by atoms with Gasteiger partial charge in [0, 0.05) is 5.56 Å². The highest BCUT2D eigenvalue weighted by atomic mass is 19.1. The highest BCUT2D eigenvalue weighted by Crippen LogP contribution is 2.28. The Morgan fingerprint density at radius 1 is 1.10 bits per heavy atom. The fourth-order valence-electron chi connectivity index (χ4n) is 2.55. The Hall–Kier alpha value is -3.87. The van der Waals surface area contributed by atoms with Crippen LogP contribution in [0.2, 0.25) is 0 Å². The molecule has 0 atom stereocenters. The maximum atomic E-state index is 13.7. The average Bonchev–Trinajstić information content (AvgIpc) is 2.74. The molecular formula is C22H19FN2O4. The number of hydrogen-bond donors (Lipinski definition) is 2. The van der Waals surface area contributed by atoms with Crippen LogP contribution in [0.15, 0.2) is 71.8 Å². The number of nitrogens with one attached hydrogen (secondary N) is 1. The van der Waals surface area contributed by atoms with Gasteiger partial charge < -0.3 is 14.6 Å². The molecule has 3 aromatic rings. The molecule has 7 heteroatoms. The third-order valence-electron chi connectivity index (χ3n) is 4.06. The van der Waals surface area contributed by atoms with Crippen LogP contribution in [0.25, 0.3) is 0 Å². The number of nitrogens with zero attached hydrogens (tertiary/aromatic N) is 1. The molecule has 3 aromatic carbocycles. The van der Waals surface area contributed by atoms with Gasteiger partial charge in [-0.1, -0.05) is 30.3 Å². The molecule has 0 saturated carbocycles. The molecule has 0 aromatic heterocycles. The quantitative estimate of drug-likeness (QED) is 0.471. The van der Waals surface area contributed by atoms with E-state index in [0.717, 1.165) is 0 Å².